The molecule has 3 rings (SSSR count). The fourth-order valence-corrected chi connectivity index (χ4v) is 2.92. The van der Waals surface area contributed by atoms with Crippen LogP contribution in [-0.2, 0) is 11.2 Å². The lowest BCUT2D eigenvalue weighted by Crippen LogP contribution is -2.49. The average Bonchev–Trinajstić information content (AvgIpc) is 2.64. The van der Waals surface area contributed by atoms with Crippen LogP contribution in [0.3, 0.4) is 0 Å². The van der Waals surface area contributed by atoms with Crippen molar-refractivity contribution in [1.29, 1.82) is 0 Å². The standard InChI is InChI=1S/C18H22ClN5O/c1-22(2)16-7-8-17(21-20-16)23-9-11-24(12-10-23)18(25)13-14-3-5-15(19)6-4-14/h3-8H,9-13H2,1-2H3. The van der Waals surface area contributed by atoms with Crippen molar-refractivity contribution < 1.29 is 4.79 Å². The Balaban J connectivity index is 1.54. The van der Waals surface area contributed by atoms with Gasteiger partial charge in [-0.1, -0.05) is 23.7 Å². The van der Waals surface area contributed by atoms with Crippen molar-refractivity contribution in [2.24, 2.45) is 0 Å². The highest BCUT2D eigenvalue weighted by Gasteiger charge is 2.22. The third-order valence-electron chi connectivity index (χ3n) is 4.32. The molecule has 0 N–H and O–H groups in total. The van der Waals surface area contributed by atoms with Gasteiger partial charge in [0.15, 0.2) is 11.6 Å². The van der Waals surface area contributed by atoms with Gasteiger partial charge in [0, 0.05) is 45.3 Å². The number of carbonyl (C=O) groups excluding carboxylic acids is 1. The summed E-state index contributed by atoms with van der Waals surface area (Å²) in [6, 6.07) is 11.4. The lowest BCUT2D eigenvalue weighted by molar-refractivity contribution is -0.130. The van der Waals surface area contributed by atoms with E-state index in [1.165, 1.54) is 0 Å². The number of nitrogens with zero attached hydrogens (tertiary/aromatic N) is 5. The van der Waals surface area contributed by atoms with E-state index in [-0.39, 0.29) is 5.91 Å². The van der Waals surface area contributed by atoms with Crippen LogP contribution in [0.15, 0.2) is 36.4 Å². The molecule has 1 amide bonds. The molecule has 0 saturated carbocycles. The largest absolute Gasteiger partial charge is 0.361 e. The van der Waals surface area contributed by atoms with Crippen molar-refractivity contribution in [2.75, 3.05) is 50.1 Å². The molecular formula is C18H22ClN5O. The van der Waals surface area contributed by atoms with E-state index in [1.54, 1.807) is 0 Å². The fourth-order valence-electron chi connectivity index (χ4n) is 2.80. The van der Waals surface area contributed by atoms with Crippen LogP contribution in [0.1, 0.15) is 5.56 Å². The number of carbonyl (C=O) groups is 1. The van der Waals surface area contributed by atoms with Crippen LogP contribution in [0, 0.1) is 0 Å². The number of hydrogen-bond donors (Lipinski definition) is 0. The second kappa shape index (κ2) is 7.70. The molecule has 2 aromatic rings. The molecule has 1 aromatic carbocycles. The number of halogens is 1. The number of aromatic nitrogens is 2. The van der Waals surface area contributed by atoms with Crippen molar-refractivity contribution in [3.8, 4) is 0 Å². The Bertz CT molecular complexity index is 709. The van der Waals surface area contributed by atoms with E-state index in [0.29, 0.717) is 24.5 Å². The maximum atomic E-state index is 12.5. The third-order valence-corrected chi connectivity index (χ3v) is 4.57. The molecule has 132 valence electrons. The topological polar surface area (TPSA) is 52.6 Å². The maximum Gasteiger partial charge on any atom is 0.227 e. The molecule has 25 heavy (non-hydrogen) atoms. The van der Waals surface area contributed by atoms with E-state index in [4.69, 9.17) is 11.6 Å². The normalized spacial score (nSPS) is 14.5. The van der Waals surface area contributed by atoms with Crippen LogP contribution in [0.5, 0.6) is 0 Å². The first kappa shape index (κ1) is 17.5. The Labute approximate surface area is 153 Å². The van der Waals surface area contributed by atoms with Crippen LogP contribution in [-0.4, -0.2) is 61.3 Å². The molecule has 7 heteroatoms. The van der Waals surface area contributed by atoms with Gasteiger partial charge >= 0.3 is 0 Å². The maximum absolute atomic E-state index is 12.5. The van der Waals surface area contributed by atoms with Crippen LogP contribution in [0.25, 0.3) is 0 Å². The van der Waals surface area contributed by atoms with Gasteiger partial charge in [-0.2, -0.15) is 0 Å². The minimum Gasteiger partial charge on any atom is -0.361 e. The fraction of sp³-hybridized carbons (Fsp3) is 0.389. The summed E-state index contributed by atoms with van der Waals surface area (Å²) in [4.78, 5) is 18.5. The first-order chi connectivity index (χ1) is 12.0. The Morgan fingerprint density at radius 2 is 1.72 bits per heavy atom. The summed E-state index contributed by atoms with van der Waals surface area (Å²) in [6.45, 7) is 2.93. The Kier molecular flexibility index (Phi) is 5.38. The molecule has 0 unspecified atom stereocenters. The third kappa shape index (κ3) is 4.39. The molecule has 1 fully saturated rings. The van der Waals surface area contributed by atoms with Gasteiger partial charge in [0.05, 0.1) is 6.42 Å². The van der Waals surface area contributed by atoms with Gasteiger partial charge in [-0.15, -0.1) is 10.2 Å². The van der Waals surface area contributed by atoms with E-state index < -0.39 is 0 Å². The quantitative estimate of drug-likeness (QED) is 0.836. The van der Waals surface area contributed by atoms with Crippen molar-refractivity contribution in [1.82, 2.24) is 15.1 Å². The Hall–Kier alpha value is -2.34. The summed E-state index contributed by atoms with van der Waals surface area (Å²) in [5.41, 5.74) is 0.988. The Morgan fingerprint density at radius 3 is 2.28 bits per heavy atom. The predicted octanol–water partition coefficient (Wildman–Crippen LogP) is 2.09. The van der Waals surface area contributed by atoms with Gasteiger partial charge in [-0.3, -0.25) is 4.79 Å². The number of rotatable bonds is 4. The minimum atomic E-state index is 0.149. The van der Waals surface area contributed by atoms with E-state index in [2.05, 4.69) is 15.1 Å². The molecule has 2 heterocycles. The monoisotopic (exact) mass is 359 g/mol. The van der Waals surface area contributed by atoms with Crippen LogP contribution in [0.2, 0.25) is 5.02 Å². The highest BCUT2D eigenvalue weighted by Crippen LogP contribution is 2.16. The van der Waals surface area contributed by atoms with Crippen molar-refractivity contribution >= 4 is 29.1 Å². The molecule has 0 radical (unpaired) electrons. The van der Waals surface area contributed by atoms with Crippen molar-refractivity contribution in [3.63, 3.8) is 0 Å². The molecule has 1 aliphatic heterocycles. The van der Waals surface area contributed by atoms with Crippen molar-refractivity contribution in [3.05, 3.63) is 47.0 Å². The Morgan fingerprint density at radius 1 is 1.04 bits per heavy atom. The molecule has 0 bridgehead atoms. The van der Waals surface area contributed by atoms with Crippen LogP contribution < -0.4 is 9.80 Å². The van der Waals surface area contributed by atoms with Crippen LogP contribution in [0.4, 0.5) is 11.6 Å². The number of piperazine rings is 1. The summed E-state index contributed by atoms with van der Waals surface area (Å²) in [7, 11) is 3.88. The number of benzene rings is 1. The summed E-state index contributed by atoms with van der Waals surface area (Å²) in [5.74, 6) is 1.84. The second-order valence-corrected chi connectivity index (χ2v) is 6.75. The lowest BCUT2D eigenvalue weighted by Gasteiger charge is -2.35. The molecule has 1 saturated heterocycles. The number of amides is 1. The summed E-state index contributed by atoms with van der Waals surface area (Å²) in [6.07, 6.45) is 0.411. The van der Waals surface area contributed by atoms with Gasteiger partial charge < -0.3 is 14.7 Å². The molecule has 0 aliphatic carbocycles. The molecule has 0 spiro atoms. The van der Waals surface area contributed by atoms with Gasteiger partial charge in [-0.05, 0) is 29.8 Å². The first-order valence-corrected chi connectivity index (χ1v) is 8.69. The highest BCUT2D eigenvalue weighted by molar-refractivity contribution is 6.30. The van der Waals surface area contributed by atoms with E-state index in [0.717, 1.165) is 30.3 Å². The van der Waals surface area contributed by atoms with E-state index >= 15 is 0 Å². The van der Waals surface area contributed by atoms with Gasteiger partial charge in [0.1, 0.15) is 0 Å². The van der Waals surface area contributed by atoms with Crippen LogP contribution >= 0.6 is 11.6 Å². The zero-order valence-corrected chi connectivity index (χ0v) is 15.3. The zero-order chi connectivity index (χ0) is 17.8. The summed E-state index contributed by atoms with van der Waals surface area (Å²) in [5, 5.41) is 9.19. The van der Waals surface area contributed by atoms with Gasteiger partial charge in [0.25, 0.3) is 0 Å². The average molecular weight is 360 g/mol. The van der Waals surface area contributed by atoms with Gasteiger partial charge in [-0.25, -0.2) is 0 Å². The number of hydrogen-bond acceptors (Lipinski definition) is 5. The van der Waals surface area contributed by atoms with Crippen molar-refractivity contribution in [2.45, 2.75) is 6.42 Å². The van der Waals surface area contributed by atoms with E-state index in [1.807, 2.05) is 60.3 Å². The summed E-state index contributed by atoms with van der Waals surface area (Å²) < 4.78 is 0. The van der Waals surface area contributed by atoms with Gasteiger partial charge in [0.2, 0.25) is 5.91 Å². The first-order valence-electron chi connectivity index (χ1n) is 8.31. The minimum absolute atomic E-state index is 0.149. The summed E-state index contributed by atoms with van der Waals surface area (Å²) >= 11 is 5.88. The highest BCUT2D eigenvalue weighted by atomic mass is 35.5. The second-order valence-electron chi connectivity index (χ2n) is 6.32. The molecule has 1 aromatic heterocycles. The smallest absolute Gasteiger partial charge is 0.227 e. The lowest BCUT2D eigenvalue weighted by atomic mass is 10.1. The number of anilines is 2. The molecular weight excluding hydrogens is 338 g/mol. The molecule has 1 aliphatic rings. The molecule has 6 nitrogen and oxygen atoms in total. The zero-order valence-electron chi connectivity index (χ0n) is 14.5. The SMILES string of the molecule is CN(C)c1ccc(N2CCN(C(=O)Cc3ccc(Cl)cc3)CC2)nn1. The predicted molar refractivity (Wildman–Crippen MR) is 100 cm³/mol. The van der Waals surface area contributed by atoms with E-state index in [9.17, 15) is 4.79 Å². The molecule has 0 atom stereocenters.